The van der Waals surface area contributed by atoms with E-state index in [0.717, 1.165) is 0 Å². The lowest BCUT2D eigenvalue weighted by Gasteiger charge is -2.40. The Hall–Kier alpha value is -0.950. The smallest absolute Gasteiger partial charge is 0.327 e. The van der Waals surface area contributed by atoms with Crippen molar-refractivity contribution < 1.29 is 19.4 Å². The molecule has 0 spiro atoms. The standard InChI is InChI=1S/C14H24N2O4S/c1-8(2)12-16(11(7-21-12)13(17)18)14(19)15-5-9(3)20-10(4)6-15/h8-12H,5-7H2,1-4H3,(H,17,18). The predicted molar refractivity (Wildman–Crippen MR) is 81.3 cm³/mol. The van der Waals surface area contributed by atoms with E-state index in [1.54, 1.807) is 21.6 Å². The van der Waals surface area contributed by atoms with Crippen LogP contribution in [0.25, 0.3) is 0 Å². The minimum absolute atomic E-state index is 0.0197. The highest BCUT2D eigenvalue weighted by molar-refractivity contribution is 8.00. The lowest BCUT2D eigenvalue weighted by molar-refractivity contribution is -0.141. The van der Waals surface area contributed by atoms with Gasteiger partial charge in [0.15, 0.2) is 0 Å². The van der Waals surface area contributed by atoms with Gasteiger partial charge in [0.25, 0.3) is 0 Å². The summed E-state index contributed by atoms with van der Waals surface area (Å²) in [5.41, 5.74) is 0. The summed E-state index contributed by atoms with van der Waals surface area (Å²) < 4.78 is 5.64. The van der Waals surface area contributed by atoms with Crippen molar-refractivity contribution in [3.63, 3.8) is 0 Å². The number of morpholine rings is 1. The molecule has 2 fully saturated rings. The van der Waals surface area contributed by atoms with Crippen LogP contribution in [0, 0.1) is 5.92 Å². The van der Waals surface area contributed by atoms with Gasteiger partial charge >= 0.3 is 12.0 Å². The molecule has 0 aliphatic carbocycles. The van der Waals surface area contributed by atoms with Crippen LogP contribution in [-0.4, -0.2) is 69.4 Å². The van der Waals surface area contributed by atoms with Gasteiger partial charge in [-0.2, -0.15) is 0 Å². The van der Waals surface area contributed by atoms with Gasteiger partial charge in [-0.3, -0.25) is 4.90 Å². The molecule has 0 saturated carbocycles. The Morgan fingerprint density at radius 2 is 1.81 bits per heavy atom. The number of rotatable bonds is 2. The number of thioether (sulfide) groups is 1. The van der Waals surface area contributed by atoms with Gasteiger partial charge in [0, 0.05) is 18.8 Å². The zero-order chi connectivity index (χ0) is 15.7. The first-order valence-corrected chi connectivity index (χ1v) is 8.43. The molecular weight excluding hydrogens is 292 g/mol. The number of nitrogens with zero attached hydrogens (tertiary/aromatic N) is 2. The van der Waals surface area contributed by atoms with E-state index in [4.69, 9.17) is 4.74 Å². The first-order valence-electron chi connectivity index (χ1n) is 7.38. The van der Waals surface area contributed by atoms with E-state index < -0.39 is 12.0 Å². The first-order chi connectivity index (χ1) is 9.81. The molecule has 1 N–H and O–H groups in total. The molecule has 2 amide bonds. The van der Waals surface area contributed by atoms with E-state index in [2.05, 4.69) is 0 Å². The van der Waals surface area contributed by atoms with E-state index in [9.17, 15) is 14.7 Å². The summed E-state index contributed by atoms with van der Waals surface area (Å²) in [5, 5.41) is 9.31. The molecule has 0 aromatic heterocycles. The molecule has 0 bridgehead atoms. The highest BCUT2D eigenvalue weighted by Gasteiger charge is 2.45. The number of urea groups is 1. The molecule has 2 heterocycles. The summed E-state index contributed by atoms with van der Waals surface area (Å²) in [6.07, 6.45) is -0.0394. The average molecular weight is 316 g/mol. The maximum atomic E-state index is 12.8. The van der Waals surface area contributed by atoms with E-state index in [1.807, 2.05) is 27.7 Å². The van der Waals surface area contributed by atoms with Crippen molar-refractivity contribution >= 4 is 23.8 Å². The second-order valence-corrected chi connectivity index (χ2v) is 7.32. The monoisotopic (exact) mass is 316 g/mol. The van der Waals surface area contributed by atoms with Crippen molar-refractivity contribution in [1.82, 2.24) is 9.80 Å². The highest BCUT2D eigenvalue weighted by Crippen LogP contribution is 2.35. The van der Waals surface area contributed by atoms with Crippen molar-refractivity contribution in [2.45, 2.75) is 51.3 Å². The van der Waals surface area contributed by atoms with Crippen molar-refractivity contribution in [3.05, 3.63) is 0 Å². The summed E-state index contributed by atoms with van der Waals surface area (Å²) in [4.78, 5) is 27.6. The number of hydrogen-bond donors (Lipinski definition) is 1. The van der Waals surface area contributed by atoms with Crippen molar-refractivity contribution in [3.8, 4) is 0 Å². The van der Waals surface area contributed by atoms with Gasteiger partial charge in [-0.05, 0) is 19.8 Å². The van der Waals surface area contributed by atoms with Crippen molar-refractivity contribution in [1.29, 1.82) is 0 Å². The first kappa shape index (κ1) is 16.4. The number of carboxylic acids is 1. The van der Waals surface area contributed by atoms with Gasteiger partial charge < -0.3 is 14.7 Å². The van der Waals surface area contributed by atoms with Crippen LogP contribution in [0.3, 0.4) is 0 Å². The quantitative estimate of drug-likeness (QED) is 0.839. The molecule has 2 saturated heterocycles. The number of carbonyl (C=O) groups is 2. The molecule has 6 nitrogen and oxygen atoms in total. The maximum Gasteiger partial charge on any atom is 0.327 e. The Balaban J connectivity index is 2.18. The molecule has 0 aromatic rings. The fraction of sp³-hybridized carbons (Fsp3) is 0.857. The van der Waals surface area contributed by atoms with Crippen LogP contribution in [0.15, 0.2) is 0 Å². The largest absolute Gasteiger partial charge is 0.480 e. The lowest BCUT2D eigenvalue weighted by atomic mass is 10.1. The van der Waals surface area contributed by atoms with Gasteiger partial charge in [-0.25, -0.2) is 9.59 Å². The Kier molecular flexibility index (Phi) is 5.03. The van der Waals surface area contributed by atoms with Crippen LogP contribution < -0.4 is 0 Å². The third kappa shape index (κ3) is 3.45. The molecule has 2 aliphatic rings. The summed E-state index contributed by atoms with van der Waals surface area (Å²) >= 11 is 1.56. The summed E-state index contributed by atoms with van der Waals surface area (Å²) in [7, 11) is 0. The van der Waals surface area contributed by atoms with Crippen molar-refractivity contribution in [2.75, 3.05) is 18.8 Å². The second-order valence-electron chi connectivity index (χ2n) is 6.17. The molecule has 0 radical (unpaired) electrons. The number of amides is 2. The van der Waals surface area contributed by atoms with E-state index in [1.165, 1.54) is 0 Å². The topological polar surface area (TPSA) is 70.1 Å². The van der Waals surface area contributed by atoms with Crippen LogP contribution in [0.2, 0.25) is 0 Å². The number of hydrogen-bond acceptors (Lipinski definition) is 4. The molecule has 120 valence electrons. The third-order valence-corrected chi connectivity index (χ3v) is 5.42. The van der Waals surface area contributed by atoms with Gasteiger partial charge in [0.1, 0.15) is 6.04 Å². The summed E-state index contributed by atoms with van der Waals surface area (Å²) in [6.45, 7) is 8.94. The van der Waals surface area contributed by atoms with Gasteiger partial charge in [-0.15, -0.1) is 11.8 Å². The lowest BCUT2D eigenvalue weighted by Crippen LogP contribution is -2.57. The average Bonchev–Trinajstić information content (AvgIpc) is 2.81. The molecule has 4 atom stereocenters. The zero-order valence-electron chi connectivity index (χ0n) is 13.0. The van der Waals surface area contributed by atoms with Gasteiger partial charge in [-0.1, -0.05) is 13.8 Å². The number of carboxylic acid groups (broad SMARTS) is 1. The fourth-order valence-electron chi connectivity index (χ4n) is 2.97. The van der Waals surface area contributed by atoms with Crippen LogP contribution in [0.4, 0.5) is 4.79 Å². The zero-order valence-corrected chi connectivity index (χ0v) is 13.8. The SMILES string of the molecule is CC1CN(C(=O)N2C(C(=O)O)CSC2C(C)C)CC(C)O1. The minimum Gasteiger partial charge on any atom is -0.480 e. The molecular formula is C14H24N2O4S. The fourth-order valence-corrected chi connectivity index (χ4v) is 4.44. The van der Waals surface area contributed by atoms with Crippen LogP contribution in [0.5, 0.6) is 0 Å². The second kappa shape index (κ2) is 6.44. The number of carbonyl (C=O) groups excluding carboxylic acids is 1. The Labute approximate surface area is 129 Å². The highest BCUT2D eigenvalue weighted by atomic mass is 32.2. The molecule has 4 unspecified atom stereocenters. The molecule has 0 aromatic carbocycles. The van der Waals surface area contributed by atoms with E-state index in [-0.39, 0.29) is 29.5 Å². The third-order valence-electron chi connectivity index (χ3n) is 3.80. The normalized spacial score (nSPS) is 33.6. The Bertz CT molecular complexity index is 408. The van der Waals surface area contributed by atoms with Crippen molar-refractivity contribution in [2.24, 2.45) is 5.92 Å². The number of ether oxygens (including phenoxy) is 1. The van der Waals surface area contributed by atoms with Crippen LogP contribution >= 0.6 is 11.8 Å². The van der Waals surface area contributed by atoms with Crippen LogP contribution in [0.1, 0.15) is 27.7 Å². The Morgan fingerprint density at radius 3 is 2.29 bits per heavy atom. The molecule has 2 aliphatic heterocycles. The number of aliphatic carboxylic acids is 1. The van der Waals surface area contributed by atoms with Gasteiger partial charge in [0.2, 0.25) is 0 Å². The van der Waals surface area contributed by atoms with E-state index in [0.29, 0.717) is 18.8 Å². The molecule has 7 heteroatoms. The van der Waals surface area contributed by atoms with E-state index >= 15 is 0 Å². The summed E-state index contributed by atoms with van der Waals surface area (Å²) in [5.74, 6) is -0.244. The molecule has 2 rings (SSSR count). The summed E-state index contributed by atoms with van der Waals surface area (Å²) in [6, 6.07) is -0.906. The Morgan fingerprint density at radius 1 is 1.24 bits per heavy atom. The van der Waals surface area contributed by atoms with Crippen LogP contribution in [-0.2, 0) is 9.53 Å². The minimum atomic E-state index is -0.923. The predicted octanol–water partition coefficient (Wildman–Crippen LogP) is 1.70. The van der Waals surface area contributed by atoms with Gasteiger partial charge in [0.05, 0.1) is 17.6 Å². The maximum absolute atomic E-state index is 12.8. The molecule has 21 heavy (non-hydrogen) atoms.